The third-order valence-corrected chi connectivity index (χ3v) is 5.18. The zero-order chi connectivity index (χ0) is 14.8. The fourth-order valence-corrected chi connectivity index (χ4v) is 3.81. The zero-order valence-corrected chi connectivity index (χ0v) is 13.5. The van der Waals surface area contributed by atoms with Crippen molar-refractivity contribution in [3.63, 3.8) is 0 Å². The molecule has 1 aromatic carbocycles. The molecule has 21 heavy (non-hydrogen) atoms. The van der Waals surface area contributed by atoms with Gasteiger partial charge in [0.2, 0.25) is 0 Å². The molecule has 0 atom stereocenters. The van der Waals surface area contributed by atoms with E-state index in [1.807, 2.05) is 11.8 Å². The van der Waals surface area contributed by atoms with Crippen LogP contribution in [0.2, 0.25) is 0 Å². The Hall–Kier alpha value is -1.62. The van der Waals surface area contributed by atoms with Gasteiger partial charge in [0.15, 0.2) is 5.96 Å². The van der Waals surface area contributed by atoms with Crippen molar-refractivity contribution in [1.29, 1.82) is 0 Å². The quantitative estimate of drug-likeness (QED) is 0.684. The van der Waals surface area contributed by atoms with Gasteiger partial charge in [-0.05, 0) is 18.6 Å². The lowest BCUT2D eigenvalue weighted by Gasteiger charge is -2.27. The summed E-state index contributed by atoms with van der Waals surface area (Å²) in [5, 5.41) is 1.30. The summed E-state index contributed by atoms with van der Waals surface area (Å²) in [6.45, 7) is 4.83. The van der Waals surface area contributed by atoms with E-state index < -0.39 is 0 Å². The van der Waals surface area contributed by atoms with E-state index in [1.165, 1.54) is 22.2 Å². The topological polar surface area (TPSA) is 46.5 Å². The molecule has 2 aromatic rings. The van der Waals surface area contributed by atoms with E-state index in [9.17, 15) is 0 Å². The van der Waals surface area contributed by atoms with E-state index >= 15 is 0 Å². The molecule has 1 aromatic heterocycles. The van der Waals surface area contributed by atoms with Gasteiger partial charge in [0.05, 0.1) is 6.54 Å². The Labute approximate surface area is 130 Å². The summed E-state index contributed by atoms with van der Waals surface area (Å²) in [6, 6.07) is 8.49. The minimum atomic E-state index is 0.645. The van der Waals surface area contributed by atoms with Crippen LogP contribution < -0.4 is 5.73 Å². The second-order valence-corrected chi connectivity index (χ2v) is 6.65. The standard InChI is InChI=1S/C16H22N4S/c1-12-13-5-3-4-6-14(13)19(2)15(12)11-18-16(17)20-7-9-21-10-8-20/h3-6H,7-11H2,1-2H3,(H2,17,18). The molecule has 5 heteroatoms. The van der Waals surface area contributed by atoms with Crippen molar-refractivity contribution in [3.05, 3.63) is 35.5 Å². The van der Waals surface area contributed by atoms with Gasteiger partial charge >= 0.3 is 0 Å². The highest BCUT2D eigenvalue weighted by molar-refractivity contribution is 7.99. The summed E-state index contributed by atoms with van der Waals surface area (Å²) in [4.78, 5) is 6.81. The largest absolute Gasteiger partial charge is 0.370 e. The molecular weight excluding hydrogens is 280 g/mol. The number of fused-ring (bicyclic) bond motifs is 1. The number of aryl methyl sites for hydroxylation is 2. The van der Waals surface area contributed by atoms with Crippen LogP contribution >= 0.6 is 11.8 Å². The molecule has 112 valence electrons. The molecule has 0 spiro atoms. The van der Waals surface area contributed by atoms with Gasteiger partial charge in [-0.2, -0.15) is 11.8 Å². The Morgan fingerprint density at radius 2 is 2.00 bits per heavy atom. The summed E-state index contributed by atoms with van der Waals surface area (Å²) in [6.07, 6.45) is 0. The number of benzene rings is 1. The van der Waals surface area contributed by atoms with Crippen LogP contribution in [0.25, 0.3) is 10.9 Å². The van der Waals surface area contributed by atoms with E-state index in [2.05, 4.69) is 52.7 Å². The highest BCUT2D eigenvalue weighted by Crippen LogP contribution is 2.24. The number of para-hydroxylation sites is 1. The first-order valence-electron chi connectivity index (χ1n) is 7.34. The first kappa shape index (κ1) is 14.3. The van der Waals surface area contributed by atoms with E-state index in [0.29, 0.717) is 12.5 Å². The minimum Gasteiger partial charge on any atom is -0.370 e. The van der Waals surface area contributed by atoms with E-state index in [0.717, 1.165) is 24.6 Å². The zero-order valence-electron chi connectivity index (χ0n) is 12.7. The first-order chi connectivity index (χ1) is 10.2. The third kappa shape index (κ3) is 2.75. The number of hydrogen-bond acceptors (Lipinski definition) is 2. The van der Waals surface area contributed by atoms with Crippen LogP contribution in [0.15, 0.2) is 29.3 Å². The van der Waals surface area contributed by atoms with Crippen molar-refractivity contribution < 1.29 is 0 Å². The maximum absolute atomic E-state index is 6.15. The third-order valence-electron chi connectivity index (χ3n) is 4.23. The van der Waals surface area contributed by atoms with Crippen LogP contribution in [0, 0.1) is 6.92 Å². The van der Waals surface area contributed by atoms with Gasteiger partial charge < -0.3 is 15.2 Å². The Bertz CT molecular complexity index is 629. The summed E-state index contributed by atoms with van der Waals surface area (Å²) < 4.78 is 2.23. The minimum absolute atomic E-state index is 0.645. The van der Waals surface area contributed by atoms with E-state index in [-0.39, 0.29) is 0 Å². The fraction of sp³-hybridized carbons (Fsp3) is 0.438. The van der Waals surface area contributed by atoms with E-state index in [1.54, 1.807) is 0 Å². The maximum Gasteiger partial charge on any atom is 0.191 e. The molecule has 2 N–H and O–H groups in total. The molecule has 0 radical (unpaired) electrons. The Kier molecular flexibility index (Phi) is 4.10. The molecule has 0 saturated carbocycles. The van der Waals surface area contributed by atoms with Crippen LogP contribution in [-0.2, 0) is 13.6 Å². The van der Waals surface area contributed by atoms with Crippen molar-refractivity contribution in [3.8, 4) is 0 Å². The number of nitrogens with zero attached hydrogens (tertiary/aromatic N) is 3. The molecule has 0 bridgehead atoms. The average molecular weight is 302 g/mol. The van der Waals surface area contributed by atoms with Gasteiger partial charge in [-0.1, -0.05) is 18.2 Å². The monoisotopic (exact) mass is 302 g/mol. The number of rotatable bonds is 2. The lowest BCUT2D eigenvalue weighted by Crippen LogP contribution is -2.42. The predicted molar refractivity (Wildman–Crippen MR) is 91.9 cm³/mol. The van der Waals surface area contributed by atoms with Crippen molar-refractivity contribution in [1.82, 2.24) is 9.47 Å². The number of hydrogen-bond donors (Lipinski definition) is 1. The van der Waals surface area contributed by atoms with Crippen molar-refractivity contribution in [2.45, 2.75) is 13.5 Å². The van der Waals surface area contributed by atoms with Gasteiger partial charge in [-0.25, -0.2) is 4.99 Å². The van der Waals surface area contributed by atoms with Crippen molar-refractivity contribution in [2.75, 3.05) is 24.6 Å². The molecule has 0 unspecified atom stereocenters. The molecule has 0 aliphatic carbocycles. The molecule has 1 fully saturated rings. The molecule has 1 aliphatic heterocycles. The smallest absolute Gasteiger partial charge is 0.191 e. The molecule has 3 rings (SSSR count). The highest BCUT2D eigenvalue weighted by atomic mass is 32.2. The maximum atomic E-state index is 6.15. The normalized spacial score (nSPS) is 16.7. The van der Waals surface area contributed by atoms with Crippen LogP contribution in [0.5, 0.6) is 0 Å². The van der Waals surface area contributed by atoms with Gasteiger partial charge in [0.1, 0.15) is 0 Å². The van der Waals surface area contributed by atoms with Crippen molar-refractivity contribution >= 4 is 28.6 Å². The summed E-state index contributed by atoms with van der Waals surface area (Å²) >= 11 is 1.98. The van der Waals surface area contributed by atoms with Gasteiger partial charge in [0.25, 0.3) is 0 Å². The molecule has 2 heterocycles. The molecule has 1 aliphatic rings. The fourth-order valence-electron chi connectivity index (χ4n) is 2.91. The van der Waals surface area contributed by atoms with Crippen molar-refractivity contribution in [2.24, 2.45) is 17.8 Å². The van der Waals surface area contributed by atoms with Gasteiger partial charge in [-0.3, -0.25) is 0 Å². The Balaban J connectivity index is 1.84. The van der Waals surface area contributed by atoms with Crippen LogP contribution in [-0.4, -0.2) is 40.0 Å². The molecule has 0 amide bonds. The second-order valence-electron chi connectivity index (χ2n) is 5.42. The molecular formula is C16H22N4S. The summed E-state index contributed by atoms with van der Waals surface area (Å²) in [7, 11) is 2.11. The number of guanidine groups is 1. The number of aromatic nitrogens is 1. The Morgan fingerprint density at radius 3 is 2.71 bits per heavy atom. The van der Waals surface area contributed by atoms with Crippen LogP contribution in [0.4, 0.5) is 0 Å². The predicted octanol–water partition coefficient (Wildman–Crippen LogP) is 2.35. The summed E-state index contributed by atoms with van der Waals surface area (Å²) in [5.41, 5.74) is 9.95. The van der Waals surface area contributed by atoms with E-state index in [4.69, 9.17) is 5.73 Å². The Morgan fingerprint density at radius 1 is 1.29 bits per heavy atom. The number of aliphatic imine (C=N–C) groups is 1. The van der Waals surface area contributed by atoms with Gasteiger partial charge in [-0.15, -0.1) is 0 Å². The van der Waals surface area contributed by atoms with Crippen LogP contribution in [0.1, 0.15) is 11.3 Å². The lowest BCUT2D eigenvalue weighted by molar-refractivity contribution is 0.455. The number of nitrogens with two attached hydrogens (primary N) is 1. The second kappa shape index (κ2) is 6.02. The van der Waals surface area contributed by atoms with Crippen LogP contribution in [0.3, 0.4) is 0 Å². The SMILES string of the molecule is Cc1c(CN=C(N)N2CCSCC2)n(C)c2ccccc12. The van der Waals surface area contributed by atoms with Gasteiger partial charge in [0, 0.05) is 48.2 Å². The molecule has 4 nitrogen and oxygen atoms in total. The average Bonchev–Trinajstić information content (AvgIpc) is 2.78. The molecule has 1 saturated heterocycles. The lowest BCUT2D eigenvalue weighted by atomic mass is 10.1. The first-order valence-corrected chi connectivity index (χ1v) is 8.49. The highest BCUT2D eigenvalue weighted by Gasteiger charge is 2.14. The summed E-state index contributed by atoms with van der Waals surface area (Å²) in [5.74, 6) is 2.96. The number of thioether (sulfide) groups is 1.